The van der Waals surface area contributed by atoms with Gasteiger partial charge in [0.25, 0.3) is 0 Å². The predicted molar refractivity (Wildman–Crippen MR) is 69.5 cm³/mol. The Balaban J connectivity index is 2.09. The van der Waals surface area contributed by atoms with Crippen molar-refractivity contribution in [2.45, 2.75) is 6.61 Å². The zero-order chi connectivity index (χ0) is 13.0. The normalized spacial score (nSPS) is 10.2. The van der Waals surface area contributed by atoms with Gasteiger partial charge in [-0.2, -0.15) is 0 Å². The first-order valence-electron chi connectivity index (χ1n) is 5.40. The molecule has 0 atom stereocenters. The Morgan fingerprint density at radius 1 is 1.39 bits per heavy atom. The second kappa shape index (κ2) is 5.69. The Hall–Kier alpha value is -1.81. The third-order valence-electron chi connectivity index (χ3n) is 2.39. The van der Waals surface area contributed by atoms with E-state index >= 15 is 0 Å². The zero-order valence-corrected chi connectivity index (χ0v) is 10.5. The van der Waals surface area contributed by atoms with Crippen molar-refractivity contribution >= 4 is 17.4 Å². The predicted octanol–water partition coefficient (Wildman–Crippen LogP) is 3.49. The number of anilines is 1. The molecule has 0 saturated heterocycles. The fourth-order valence-electron chi connectivity index (χ4n) is 1.46. The lowest BCUT2D eigenvalue weighted by atomic mass is 10.2. The van der Waals surface area contributed by atoms with E-state index in [2.05, 4.69) is 10.3 Å². The van der Waals surface area contributed by atoms with E-state index in [9.17, 15) is 4.39 Å². The van der Waals surface area contributed by atoms with Crippen LogP contribution in [0.4, 0.5) is 10.2 Å². The highest BCUT2D eigenvalue weighted by Gasteiger charge is 2.07. The van der Waals surface area contributed by atoms with E-state index in [-0.39, 0.29) is 17.4 Å². The maximum absolute atomic E-state index is 13.6. The fourth-order valence-corrected chi connectivity index (χ4v) is 1.62. The second-order valence-corrected chi connectivity index (χ2v) is 4.05. The van der Waals surface area contributed by atoms with Crippen molar-refractivity contribution in [1.82, 2.24) is 4.98 Å². The average Bonchev–Trinajstić information content (AvgIpc) is 2.41. The number of nitrogens with zero attached hydrogens (tertiary/aromatic N) is 1. The molecule has 2 aromatic rings. The third kappa shape index (κ3) is 2.90. The van der Waals surface area contributed by atoms with E-state index in [4.69, 9.17) is 16.3 Å². The van der Waals surface area contributed by atoms with E-state index in [1.807, 2.05) is 12.1 Å². The summed E-state index contributed by atoms with van der Waals surface area (Å²) >= 11 is 5.67. The van der Waals surface area contributed by atoms with Gasteiger partial charge in [-0.1, -0.05) is 17.7 Å². The molecular weight excluding hydrogens is 255 g/mol. The first kappa shape index (κ1) is 12.6. The van der Waals surface area contributed by atoms with Crippen LogP contribution in [0.25, 0.3) is 0 Å². The molecule has 0 aliphatic heterocycles. The first-order chi connectivity index (χ1) is 8.70. The summed E-state index contributed by atoms with van der Waals surface area (Å²) in [4.78, 5) is 4.08. The first-order valence-corrected chi connectivity index (χ1v) is 5.78. The van der Waals surface area contributed by atoms with Crippen LogP contribution in [0.5, 0.6) is 5.75 Å². The molecule has 0 saturated carbocycles. The highest BCUT2D eigenvalue weighted by atomic mass is 35.5. The van der Waals surface area contributed by atoms with E-state index < -0.39 is 5.82 Å². The molecule has 0 aliphatic carbocycles. The summed E-state index contributed by atoms with van der Waals surface area (Å²) in [5.41, 5.74) is 0.897. The lowest BCUT2D eigenvalue weighted by Crippen LogP contribution is -1.99. The maximum Gasteiger partial charge on any atom is 0.183 e. The lowest BCUT2D eigenvalue weighted by molar-refractivity contribution is 0.290. The van der Waals surface area contributed by atoms with Crippen LogP contribution in [0.2, 0.25) is 5.02 Å². The van der Waals surface area contributed by atoms with Crippen LogP contribution < -0.4 is 10.1 Å². The smallest absolute Gasteiger partial charge is 0.183 e. The van der Waals surface area contributed by atoms with Gasteiger partial charge in [-0.15, -0.1) is 0 Å². The number of benzene rings is 1. The van der Waals surface area contributed by atoms with E-state index in [1.54, 1.807) is 25.4 Å². The van der Waals surface area contributed by atoms with Crippen LogP contribution in [0.3, 0.4) is 0 Å². The molecule has 18 heavy (non-hydrogen) atoms. The third-order valence-corrected chi connectivity index (χ3v) is 2.68. The quantitative estimate of drug-likeness (QED) is 0.920. The molecule has 3 nitrogen and oxygen atoms in total. The van der Waals surface area contributed by atoms with Crippen LogP contribution in [-0.4, -0.2) is 12.0 Å². The van der Waals surface area contributed by atoms with Crippen molar-refractivity contribution in [2.24, 2.45) is 0 Å². The Kier molecular flexibility index (Phi) is 3.99. The SMILES string of the molecule is CNc1cc(COc2cccc(Cl)c2F)ccn1. The molecule has 2 rings (SSSR count). The van der Waals surface area contributed by atoms with Crippen molar-refractivity contribution in [2.75, 3.05) is 12.4 Å². The summed E-state index contributed by atoms with van der Waals surface area (Å²) in [5, 5.41) is 2.98. The van der Waals surface area contributed by atoms with Gasteiger partial charge in [0, 0.05) is 13.2 Å². The van der Waals surface area contributed by atoms with E-state index in [0.717, 1.165) is 11.4 Å². The Bertz CT molecular complexity index is 548. The van der Waals surface area contributed by atoms with Crippen LogP contribution >= 0.6 is 11.6 Å². The molecule has 0 unspecified atom stereocenters. The molecule has 0 aliphatic rings. The number of nitrogens with one attached hydrogen (secondary N) is 1. The molecule has 1 aromatic carbocycles. The van der Waals surface area contributed by atoms with Gasteiger partial charge in [-0.25, -0.2) is 9.37 Å². The summed E-state index contributed by atoms with van der Waals surface area (Å²) in [7, 11) is 1.78. The summed E-state index contributed by atoms with van der Waals surface area (Å²) < 4.78 is 19.0. The minimum Gasteiger partial charge on any atom is -0.486 e. The van der Waals surface area contributed by atoms with Crippen molar-refractivity contribution in [1.29, 1.82) is 0 Å². The molecule has 1 heterocycles. The highest BCUT2D eigenvalue weighted by Crippen LogP contribution is 2.24. The monoisotopic (exact) mass is 266 g/mol. The van der Waals surface area contributed by atoms with Gasteiger partial charge in [0.2, 0.25) is 0 Å². The minimum atomic E-state index is -0.540. The van der Waals surface area contributed by atoms with Crippen molar-refractivity contribution in [3.8, 4) is 5.75 Å². The minimum absolute atomic E-state index is 0.0538. The van der Waals surface area contributed by atoms with E-state index in [1.165, 1.54) is 6.07 Å². The molecular formula is C13H12ClFN2O. The number of hydrogen-bond donors (Lipinski definition) is 1. The molecule has 94 valence electrons. The maximum atomic E-state index is 13.6. The van der Waals surface area contributed by atoms with Gasteiger partial charge in [0.05, 0.1) is 5.02 Å². The number of ether oxygens (including phenoxy) is 1. The van der Waals surface area contributed by atoms with Gasteiger partial charge in [-0.05, 0) is 29.8 Å². The fraction of sp³-hybridized carbons (Fsp3) is 0.154. The number of rotatable bonds is 4. The molecule has 0 bridgehead atoms. The molecule has 1 aromatic heterocycles. The number of hydrogen-bond acceptors (Lipinski definition) is 3. The van der Waals surface area contributed by atoms with Crippen LogP contribution in [-0.2, 0) is 6.61 Å². The Morgan fingerprint density at radius 2 is 2.22 bits per heavy atom. The lowest BCUT2D eigenvalue weighted by Gasteiger charge is -2.08. The number of aromatic nitrogens is 1. The Morgan fingerprint density at radius 3 is 3.00 bits per heavy atom. The van der Waals surface area contributed by atoms with Gasteiger partial charge in [0.1, 0.15) is 12.4 Å². The topological polar surface area (TPSA) is 34.1 Å². The molecule has 0 radical (unpaired) electrons. The molecule has 0 fully saturated rings. The van der Waals surface area contributed by atoms with Gasteiger partial charge < -0.3 is 10.1 Å². The van der Waals surface area contributed by atoms with Crippen molar-refractivity contribution in [3.63, 3.8) is 0 Å². The van der Waals surface area contributed by atoms with Crippen LogP contribution in [0, 0.1) is 5.82 Å². The summed E-state index contributed by atoms with van der Waals surface area (Å²) in [6, 6.07) is 8.31. The van der Waals surface area contributed by atoms with Crippen LogP contribution in [0.15, 0.2) is 36.5 Å². The van der Waals surface area contributed by atoms with E-state index in [0.29, 0.717) is 0 Å². The highest BCUT2D eigenvalue weighted by molar-refractivity contribution is 6.30. The number of halogens is 2. The largest absolute Gasteiger partial charge is 0.486 e. The van der Waals surface area contributed by atoms with Gasteiger partial charge in [-0.3, -0.25) is 0 Å². The summed E-state index contributed by atoms with van der Waals surface area (Å²) in [6.07, 6.45) is 1.67. The van der Waals surface area contributed by atoms with Gasteiger partial charge >= 0.3 is 0 Å². The standard InChI is InChI=1S/C13H12ClFN2O/c1-16-12-7-9(5-6-17-12)8-18-11-4-2-3-10(14)13(11)15/h2-7H,8H2,1H3,(H,16,17). The summed E-state index contributed by atoms with van der Waals surface area (Å²) in [5.74, 6) is 0.343. The molecule has 1 N–H and O–H groups in total. The average molecular weight is 267 g/mol. The van der Waals surface area contributed by atoms with Crippen LogP contribution in [0.1, 0.15) is 5.56 Å². The Labute approximate surface area is 110 Å². The second-order valence-electron chi connectivity index (χ2n) is 3.64. The molecule has 0 spiro atoms. The summed E-state index contributed by atoms with van der Waals surface area (Å²) in [6.45, 7) is 0.258. The number of pyridine rings is 1. The molecule has 5 heteroatoms. The zero-order valence-electron chi connectivity index (χ0n) is 9.78. The molecule has 0 amide bonds. The van der Waals surface area contributed by atoms with Crippen molar-refractivity contribution < 1.29 is 9.13 Å². The van der Waals surface area contributed by atoms with Crippen molar-refractivity contribution in [3.05, 3.63) is 52.9 Å². The van der Waals surface area contributed by atoms with Gasteiger partial charge in [0.15, 0.2) is 11.6 Å².